The lowest BCUT2D eigenvalue weighted by Gasteiger charge is -2.32. The third kappa shape index (κ3) is 3.54. The maximum Gasteiger partial charge on any atom is 0.252 e. The maximum absolute atomic E-state index is 12.7. The molecule has 0 N–H and O–H groups in total. The molecule has 5 nitrogen and oxygen atoms in total. The first kappa shape index (κ1) is 16.7. The molecule has 0 spiro atoms. The van der Waals surface area contributed by atoms with Gasteiger partial charge in [0.2, 0.25) is 0 Å². The first-order valence-electron chi connectivity index (χ1n) is 7.02. The average Bonchev–Trinajstić information content (AvgIpc) is 3.02. The SMILES string of the molecule is COc1ccc(C2CN(S(=O)(=O)c3ccc(Cl)s3)CCO2)cc1. The van der Waals surface area contributed by atoms with Crippen LogP contribution >= 0.6 is 22.9 Å². The van der Waals surface area contributed by atoms with Crippen molar-refractivity contribution in [3.63, 3.8) is 0 Å². The quantitative estimate of drug-likeness (QED) is 0.826. The van der Waals surface area contributed by atoms with Gasteiger partial charge in [0.25, 0.3) is 10.0 Å². The molecule has 1 saturated heterocycles. The van der Waals surface area contributed by atoms with Gasteiger partial charge in [-0.2, -0.15) is 4.31 Å². The van der Waals surface area contributed by atoms with Crippen molar-refractivity contribution in [1.82, 2.24) is 4.31 Å². The lowest BCUT2D eigenvalue weighted by atomic mass is 10.1. The minimum atomic E-state index is -3.53. The van der Waals surface area contributed by atoms with E-state index in [9.17, 15) is 8.42 Å². The van der Waals surface area contributed by atoms with E-state index in [0.717, 1.165) is 22.6 Å². The highest BCUT2D eigenvalue weighted by molar-refractivity contribution is 7.91. The molecule has 23 heavy (non-hydrogen) atoms. The molecule has 0 bridgehead atoms. The number of methoxy groups -OCH3 is 1. The molecular weight excluding hydrogens is 358 g/mol. The fourth-order valence-corrected chi connectivity index (χ4v) is 5.49. The van der Waals surface area contributed by atoms with Gasteiger partial charge in [-0.3, -0.25) is 0 Å². The summed E-state index contributed by atoms with van der Waals surface area (Å²) in [5.41, 5.74) is 0.926. The average molecular weight is 374 g/mol. The standard InChI is InChI=1S/C15H16ClNO4S2/c1-20-12-4-2-11(3-5-12)13-10-17(8-9-21-13)23(18,19)15-7-6-14(16)22-15/h2-7,13H,8-10H2,1H3. The zero-order chi connectivity index (χ0) is 16.4. The lowest BCUT2D eigenvalue weighted by molar-refractivity contribution is -0.00251. The van der Waals surface area contributed by atoms with E-state index in [0.29, 0.717) is 17.5 Å². The normalized spacial score (nSPS) is 19.7. The number of hydrogen-bond donors (Lipinski definition) is 0. The Morgan fingerprint density at radius 1 is 1.26 bits per heavy atom. The second kappa shape index (κ2) is 6.78. The smallest absolute Gasteiger partial charge is 0.252 e. The molecule has 2 aromatic rings. The van der Waals surface area contributed by atoms with Gasteiger partial charge in [-0.05, 0) is 29.8 Å². The highest BCUT2D eigenvalue weighted by atomic mass is 35.5. The summed E-state index contributed by atoms with van der Waals surface area (Å²) in [5.74, 6) is 0.752. The van der Waals surface area contributed by atoms with Gasteiger partial charge >= 0.3 is 0 Å². The van der Waals surface area contributed by atoms with Crippen LogP contribution in [0.2, 0.25) is 4.34 Å². The van der Waals surface area contributed by atoms with Crippen molar-refractivity contribution in [3.8, 4) is 5.75 Å². The number of benzene rings is 1. The second-order valence-corrected chi connectivity index (χ2v) is 8.93. The van der Waals surface area contributed by atoms with Crippen molar-refractivity contribution in [2.24, 2.45) is 0 Å². The Morgan fingerprint density at radius 2 is 2.00 bits per heavy atom. The number of rotatable bonds is 4. The molecule has 1 aromatic carbocycles. The number of morpholine rings is 1. The van der Waals surface area contributed by atoms with Crippen molar-refractivity contribution in [2.45, 2.75) is 10.3 Å². The van der Waals surface area contributed by atoms with Crippen molar-refractivity contribution >= 4 is 33.0 Å². The second-order valence-electron chi connectivity index (χ2n) is 5.05. The monoisotopic (exact) mass is 373 g/mol. The van der Waals surface area contributed by atoms with E-state index in [1.807, 2.05) is 24.3 Å². The number of sulfonamides is 1. The molecule has 0 aliphatic carbocycles. The Kier molecular flexibility index (Phi) is 4.93. The third-order valence-corrected chi connectivity index (χ3v) is 7.22. The van der Waals surface area contributed by atoms with Gasteiger partial charge in [0.05, 0.1) is 24.2 Å². The first-order chi connectivity index (χ1) is 11.0. The number of halogens is 1. The Bertz CT molecular complexity index is 773. The molecule has 0 saturated carbocycles. The minimum absolute atomic E-state index is 0.262. The molecular formula is C15H16ClNO4S2. The van der Waals surface area contributed by atoms with Crippen LogP contribution in [0.4, 0.5) is 0 Å². The topological polar surface area (TPSA) is 55.8 Å². The van der Waals surface area contributed by atoms with E-state index in [2.05, 4.69) is 0 Å². The van der Waals surface area contributed by atoms with Gasteiger partial charge in [-0.1, -0.05) is 23.7 Å². The molecule has 1 unspecified atom stereocenters. The highest BCUT2D eigenvalue weighted by Gasteiger charge is 2.32. The van der Waals surface area contributed by atoms with Crippen LogP contribution < -0.4 is 4.74 Å². The predicted octanol–water partition coefficient (Wildman–Crippen LogP) is 3.17. The third-order valence-electron chi connectivity index (χ3n) is 3.66. The molecule has 2 heterocycles. The van der Waals surface area contributed by atoms with Gasteiger partial charge in [-0.25, -0.2) is 8.42 Å². The van der Waals surface area contributed by atoms with Gasteiger partial charge in [0.15, 0.2) is 0 Å². The summed E-state index contributed by atoms with van der Waals surface area (Å²) in [6.07, 6.45) is -0.292. The highest BCUT2D eigenvalue weighted by Crippen LogP contribution is 2.31. The van der Waals surface area contributed by atoms with Gasteiger partial charge in [0, 0.05) is 13.1 Å². The molecule has 1 atom stereocenters. The van der Waals surface area contributed by atoms with Crippen LogP contribution in [-0.4, -0.2) is 39.5 Å². The molecule has 1 fully saturated rings. The summed E-state index contributed by atoms with van der Waals surface area (Å²) in [6, 6.07) is 10.6. The van der Waals surface area contributed by atoms with Crippen molar-refractivity contribution in [1.29, 1.82) is 0 Å². The number of hydrogen-bond acceptors (Lipinski definition) is 5. The summed E-state index contributed by atoms with van der Waals surface area (Å²) >= 11 is 6.93. The van der Waals surface area contributed by atoms with Crippen LogP contribution in [0.1, 0.15) is 11.7 Å². The predicted molar refractivity (Wildman–Crippen MR) is 89.8 cm³/mol. The summed E-state index contributed by atoms with van der Waals surface area (Å²) in [6.45, 7) is 0.976. The van der Waals surface area contributed by atoms with E-state index >= 15 is 0 Å². The van der Waals surface area contributed by atoms with E-state index in [1.54, 1.807) is 19.2 Å². The zero-order valence-electron chi connectivity index (χ0n) is 12.4. The van der Waals surface area contributed by atoms with Crippen molar-refractivity contribution in [2.75, 3.05) is 26.8 Å². The minimum Gasteiger partial charge on any atom is -0.497 e. The summed E-state index contributed by atoms with van der Waals surface area (Å²) in [4.78, 5) is 0. The van der Waals surface area contributed by atoms with Crippen LogP contribution in [-0.2, 0) is 14.8 Å². The van der Waals surface area contributed by atoms with Gasteiger partial charge in [0.1, 0.15) is 9.96 Å². The molecule has 8 heteroatoms. The van der Waals surface area contributed by atoms with Crippen LogP contribution in [0.25, 0.3) is 0 Å². The molecule has 3 rings (SSSR count). The van der Waals surface area contributed by atoms with E-state index in [4.69, 9.17) is 21.1 Å². The largest absolute Gasteiger partial charge is 0.497 e. The Morgan fingerprint density at radius 3 is 2.61 bits per heavy atom. The number of nitrogens with zero attached hydrogens (tertiary/aromatic N) is 1. The van der Waals surface area contributed by atoms with E-state index in [1.165, 1.54) is 4.31 Å². The Labute approximate surface area is 144 Å². The van der Waals surface area contributed by atoms with Crippen LogP contribution in [0, 0.1) is 0 Å². The van der Waals surface area contributed by atoms with Gasteiger partial charge < -0.3 is 9.47 Å². The summed E-state index contributed by atoms with van der Waals surface area (Å²) in [5, 5.41) is 0. The van der Waals surface area contributed by atoms with E-state index < -0.39 is 10.0 Å². The Balaban J connectivity index is 1.80. The fraction of sp³-hybridized carbons (Fsp3) is 0.333. The number of thiophene rings is 1. The lowest BCUT2D eigenvalue weighted by Crippen LogP contribution is -2.41. The van der Waals surface area contributed by atoms with Crippen molar-refractivity contribution < 1.29 is 17.9 Å². The zero-order valence-corrected chi connectivity index (χ0v) is 14.8. The van der Waals surface area contributed by atoms with Crippen molar-refractivity contribution in [3.05, 3.63) is 46.3 Å². The Hall–Kier alpha value is -1.12. The fourth-order valence-electron chi connectivity index (χ4n) is 2.43. The molecule has 1 aliphatic heterocycles. The molecule has 1 aromatic heterocycles. The van der Waals surface area contributed by atoms with Crippen LogP contribution in [0.5, 0.6) is 5.75 Å². The summed E-state index contributed by atoms with van der Waals surface area (Å²) < 4.78 is 38.4. The molecule has 124 valence electrons. The van der Waals surface area contributed by atoms with Crippen LogP contribution in [0.15, 0.2) is 40.6 Å². The van der Waals surface area contributed by atoms with E-state index in [-0.39, 0.29) is 16.9 Å². The number of ether oxygens (including phenoxy) is 2. The molecule has 0 radical (unpaired) electrons. The molecule has 0 amide bonds. The first-order valence-corrected chi connectivity index (χ1v) is 9.65. The maximum atomic E-state index is 12.7. The van der Waals surface area contributed by atoms with Gasteiger partial charge in [-0.15, -0.1) is 11.3 Å². The summed E-state index contributed by atoms with van der Waals surface area (Å²) in [7, 11) is -1.93. The molecule has 1 aliphatic rings. The van der Waals surface area contributed by atoms with Crippen LogP contribution in [0.3, 0.4) is 0 Å².